The molecule has 1 saturated carbocycles. The van der Waals surface area contributed by atoms with Gasteiger partial charge in [0.1, 0.15) is 13.2 Å². The summed E-state index contributed by atoms with van der Waals surface area (Å²) < 4.78 is 11.5. The highest BCUT2D eigenvalue weighted by Gasteiger charge is 2.30. The Hall–Kier alpha value is -2.86. The van der Waals surface area contributed by atoms with E-state index >= 15 is 0 Å². The van der Waals surface area contributed by atoms with Gasteiger partial charge in [0.05, 0.1) is 12.7 Å². The van der Waals surface area contributed by atoms with E-state index in [4.69, 9.17) is 9.47 Å². The average molecular weight is 424 g/mol. The molecule has 0 aromatic heterocycles. The minimum atomic E-state index is -1.06. The molecular formula is C25H29NO5. The first-order valence-corrected chi connectivity index (χ1v) is 11.1. The number of hydrogen-bond acceptors (Lipinski definition) is 4. The summed E-state index contributed by atoms with van der Waals surface area (Å²) in [6.07, 6.45) is 5.23. The van der Waals surface area contributed by atoms with E-state index in [0.29, 0.717) is 6.61 Å². The lowest BCUT2D eigenvalue weighted by molar-refractivity contribution is -0.138. The SMILES string of the molecule is O=C(O)CN(CCOC1CCCCC1)C(=O)OCC1c2ccccc2-c2ccccc21. The van der Waals surface area contributed by atoms with Crippen molar-refractivity contribution in [1.29, 1.82) is 0 Å². The molecule has 0 heterocycles. The summed E-state index contributed by atoms with van der Waals surface area (Å²) in [6, 6.07) is 16.2. The van der Waals surface area contributed by atoms with Gasteiger partial charge in [0.15, 0.2) is 0 Å². The molecule has 1 N–H and O–H groups in total. The van der Waals surface area contributed by atoms with E-state index in [-0.39, 0.29) is 25.2 Å². The largest absolute Gasteiger partial charge is 0.480 e. The van der Waals surface area contributed by atoms with Crippen LogP contribution in [0.1, 0.15) is 49.1 Å². The first-order valence-electron chi connectivity index (χ1n) is 11.1. The maximum Gasteiger partial charge on any atom is 0.410 e. The number of nitrogens with zero attached hydrogens (tertiary/aromatic N) is 1. The number of fused-ring (bicyclic) bond motifs is 3. The van der Waals surface area contributed by atoms with Crippen molar-refractivity contribution in [1.82, 2.24) is 4.90 Å². The Labute approximate surface area is 182 Å². The molecule has 4 rings (SSSR count). The number of carbonyl (C=O) groups is 2. The van der Waals surface area contributed by atoms with E-state index in [0.717, 1.165) is 47.9 Å². The van der Waals surface area contributed by atoms with E-state index in [2.05, 4.69) is 24.3 Å². The molecule has 0 bridgehead atoms. The van der Waals surface area contributed by atoms with Gasteiger partial charge >= 0.3 is 12.1 Å². The zero-order valence-corrected chi connectivity index (χ0v) is 17.7. The van der Waals surface area contributed by atoms with Gasteiger partial charge in [0.2, 0.25) is 0 Å². The molecule has 2 aromatic carbocycles. The van der Waals surface area contributed by atoms with Gasteiger partial charge in [-0.25, -0.2) is 4.79 Å². The molecule has 2 aliphatic rings. The Morgan fingerprint density at radius 3 is 2.16 bits per heavy atom. The molecule has 0 spiro atoms. The van der Waals surface area contributed by atoms with Gasteiger partial charge in [-0.3, -0.25) is 9.69 Å². The summed E-state index contributed by atoms with van der Waals surface area (Å²) in [5.74, 6) is -1.12. The standard InChI is InChI=1S/C25H29NO5/c27-24(28)16-26(14-15-30-18-8-2-1-3-9-18)25(29)31-17-23-21-12-6-4-10-19(21)20-11-5-7-13-22(20)23/h4-7,10-13,18,23H,1-3,8-9,14-17H2,(H,27,28). The predicted molar refractivity (Wildman–Crippen MR) is 117 cm³/mol. The van der Waals surface area contributed by atoms with Gasteiger partial charge < -0.3 is 14.6 Å². The van der Waals surface area contributed by atoms with Gasteiger partial charge in [-0.1, -0.05) is 67.8 Å². The fraction of sp³-hybridized carbons (Fsp3) is 0.440. The van der Waals surface area contributed by atoms with Crippen molar-refractivity contribution in [2.45, 2.75) is 44.1 Å². The Morgan fingerprint density at radius 1 is 0.935 bits per heavy atom. The minimum absolute atomic E-state index is 0.0542. The predicted octanol–water partition coefficient (Wildman–Crippen LogP) is 4.67. The van der Waals surface area contributed by atoms with E-state index in [1.54, 1.807) is 0 Å². The fourth-order valence-corrected chi connectivity index (χ4v) is 4.64. The zero-order chi connectivity index (χ0) is 21.6. The third-order valence-electron chi connectivity index (χ3n) is 6.19. The van der Waals surface area contributed by atoms with Crippen LogP contribution in [0.4, 0.5) is 4.79 Å². The second kappa shape index (κ2) is 9.96. The minimum Gasteiger partial charge on any atom is -0.480 e. The number of ether oxygens (including phenoxy) is 2. The van der Waals surface area contributed by atoms with Gasteiger partial charge in [-0.05, 0) is 35.1 Å². The highest BCUT2D eigenvalue weighted by molar-refractivity contribution is 5.79. The number of hydrogen-bond donors (Lipinski definition) is 1. The van der Waals surface area contributed by atoms with Crippen LogP contribution in [0.25, 0.3) is 11.1 Å². The van der Waals surface area contributed by atoms with Crippen LogP contribution in [-0.4, -0.2) is 54.5 Å². The average Bonchev–Trinajstić information content (AvgIpc) is 3.11. The molecule has 0 atom stereocenters. The van der Waals surface area contributed by atoms with Crippen LogP contribution in [0.2, 0.25) is 0 Å². The first kappa shape index (κ1) is 21.4. The molecule has 2 aromatic rings. The highest BCUT2D eigenvalue weighted by atomic mass is 16.6. The Bertz CT molecular complexity index is 876. The lowest BCUT2D eigenvalue weighted by Crippen LogP contribution is -2.39. The van der Waals surface area contributed by atoms with Crippen molar-refractivity contribution in [3.8, 4) is 11.1 Å². The van der Waals surface area contributed by atoms with Crippen molar-refractivity contribution in [2.24, 2.45) is 0 Å². The van der Waals surface area contributed by atoms with E-state index in [9.17, 15) is 14.7 Å². The number of aliphatic carboxylic acids is 1. The molecule has 1 amide bonds. The molecule has 0 radical (unpaired) electrons. The molecule has 0 saturated heterocycles. The maximum atomic E-state index is 12.7. The Kier molecular flexibility index (Phi) is 6.87. The molecule has 0 unspecified atom stereocenters. The van der Waals surface area contributed by atoms with Crippen molar-refractivity contribution < 1.29 is 24.2 Å². The van der Waals surface area contributed by atoms with Gasteiger partial charge in [0.25, 0.3) is 0 Å². The fourth-order valence-electron chi connectivity index (χ4n) is 4.64. The monoisotopic (exact) mass is 423 g/mol. The van der Waals surface area contributed by atoms with E-state index < -0.39 is 18.6 Å². The van der Waals surface area contributed by atoms with Crippen LogP contribution in [-0.2, 0) is 14.3 Å². The van der Waals surface area contributed by atoms with Gasteiger partial charge in [-0.15, -0.1) is 0 Å². The number of amides is 1. The summed E-state index contributed by atoms with van der Waals surface area (Å²) in [6.45, 7) is 0.304. The number of carbonyl (C=O) groups excluding carboxylic acids is 1. The molecule has 164 valence electrons. The van der Waals surface area contributed by atoms with E-state index in [1.807, 2.05) is 24.3 Å². The van der Waals surface area contributed by atoms with Crippen molar-refractivity contribution in [3.63, 3.8) is 0 Å². The third-order valence-corrected chi connectivity index (χ3v) is 6.19. The smallest absolute Gasteiger partial charge is 0.410 e. The van der Waals surface area contributed by atoms with Crippen LogP contribution < -0.4 is 0 Å². The van der Waals surface area contributed by atoms with Crippen LogP contribution in [0.15, 0.2) is 48.5 Å². The molecular weight excluding hydrogens is 394 g/mol. The van der Waals surface area contributed by atoms with Crippen LogP contribution >= 0.6 is 0 Å². The molecule has 31 heavy (non-hydrogen) atoms. The molecule has 6 nitrogen and oxygen atoms in total. The van der Waals surface area contributed by atoms with Crippen molar-refractivity contribution in [2.75, 3.05) is 26.3 Å². The summed E-state index contributed by atoms with van der Waals surface area (Å²) in [7, 11) is 0. The lowest BCUT2D eigenvalue weighted by Gasteiger charge is -2.25. The van der Waals surface area contributed by atoms with E-state index in [1.165, 1.54) is 11.3 Å². The summed E-state index contributed by atoms with van der Waals surface area (Å²) >= 11 is 0. The summed E-state index contributed by atoms with van der Waals surface area (Å²) in [4.78, 5) is 25.2. The number of rotatable bonds is 8. The second-order valence-electron chi connectivity index (χ2n) is 8.25. The lowest BCUT2D eigenvalue weighted by atomic mass is 9.98. The Balaban J connectivity index is 1.37. The van der Waals surface area contributed by atoms with Crippen molar-refractivity contribution >= 4 is 12.1 Å². The van der Waals surface area contributed by atoms with Gasteiger partial charge in [-0.2, -0.15) is 0 Å². The number of benzene rings is 2. The molecule has 1 fully saturated rings. The van der Waals surface area contributed by atoms with Crippen LogP contribution in [0, 0.1) is 0 Å². The zero-order valence-electron chi connectivity index (χ0n) is 17.7. The molecule has 2 aliphatic carbocycles. The third kappa shape index (κ3) is 5.07. The molecule has 6 heteroatoms. The Morgan fingerprint density at radius 2 is 1.55 bits per heavy atom. The quantitative estimate of drug-likeness (QED) is 0.668. The van der Waals surface area contributed by atoms with Crippen molar-refractivity contribution in [3.05, 3.63) is 59.7 Å². The maximum absolute atomic E-state index is 12.7. The number of carboxylic acid groups (broad SMARTS) is 1. The topological polar surface area (TPSA) is 76.1 Å². The normalized spacial score (nSPS) is 15.9. The number of carboxylic acids is 1. The van der Waals surface area contributed by atoms with Crippen LogP contribution in [0.5, 0.6) is 0 Å². The van der Waals surface area contributed by atoms with Crippen LogP contribution in [0.3, 0.4) is 0 Å². The highest BCUT2D eigenvalue weighted by Crippen LogP contribution is 2.44. The molecule has 0 aliphatic heterocycles. The second-order valence-corrected chi connectivity index (χ2v) is 8.25. The summed E-state index contributed by atoms with van der Waals surface area (Å²) in [5, 5.41) is 9.23. The van der Waals surface area contributed by atoms with Gasteiger partial charge in [0, 0.05) is 12.5 Å². The summed E-state index contributed by atoms with van der Waals surface area (Å²) in [5.41, 5.74) is 4.56. The first-order chi connectivity index (χ1) is 15.1.